The van der Waals surface area contributed by atoms with Crippen molar-refractivity contribution in [1.82, 2.24) is 4.90 Å². The van der Waals surface area contributed by atoms with Gasteiger partial charge in [-0.15, -0.1) is 0 Å². The Bertz CT molecular complexity index is 80.1. The third-order valence-corrected chi connectivity index (χ3v) is 2.48. The molecule has 0 bridgehead atoms. The van der Waals surface area contributed by atoms with E-state index in [-0.39, 0.29) is 0 Å². The topological polar surface area (TPSA) is 12.5 Å². The van der Waals surface area contributed by atoms with Gasteiger partial charge in [0.2, 0.25) is 0 Å². The van der Waals surface area contributed by atoms with Gasteiger partial charge in [-0.25, -0.2) is 0 Å². The molecule has 0 aromatic heterocycles. The van der Waals surface area contributed by atoms with Crippen LogP contribution in [0.5, 0.6) is 0 Å². The molecule has 62 valence electrons. The predicted octanol–water partition coefficient (Wildman–Crippen LogP) is 2.11. The van der Waals surface area contributed by atoms with Gasteiger partial charge >= 0.3 is 0 Å². The van der Waals surface area contributed by atoms with E-state index in [0.717, 1.165) is 13.2 Å². The van der Waals surface area contributed by atoms with Crippen molar-refractivity contribution >= 4 is 45.6 Å². The van der Waals surface area contributed by atoms with Crippen LogP contribution in [0.25, 0.3) is 0 Å². The van der Waals surface area contributed by atoms with Gasteiger partial charge < -0.3 is 7.97 Å². The first kappa shape index (κ1) is 11.4. The number of hydrogen-bond donors (Lipinski definition) is 0. The van der Waals surface area contributed by atoms with E-state index in [1.54, 1.807) is 0 Å². The average molecular weight is 369 g/mol. The van der Waals surface area contributed by atoms with E-state index in [4.69, 9.17) is 3.07 Å². The summed E-state index contributed by atoms with van der Waals surface area (Å²) in [5, 5.41) is 0. The fraction of sp³-hybridized carbons (Fsp3) is 1.00. The van der Waals surface area contributed by atoms with Crippen LogP contribution in [0, 0.1) is 0 Å². The van der Waals surface area contributed by atoms with Gasteiger partial charge in [0, 0.05) is 3.92 Å². The van der Waals surface area contributed by atoms with Crippen molar-refractivity contribution in [3.05, 3.63) is 0 Å². The fourth-order valence-electron chi connectivity index (χ4n) is 0.550. The third-order valence-electron chi connectivity index (χ3n) is 1.13. The summed E-state index contributed by atoms with van der Waals surface area (Å²) >= 11 is 4.36. The molecule has 0 aliphatic heterocycles. The zero-order valence-corrected chi connectivity index (χ0v) is 10.6. The molecule has 1 unspecified atom stereocenters. The van der Waals surface area contributed by atoms with Gasteiger partial charge in [-0.05, 0) is 27.1 Å². The van der Waals surface area contributed by atoms with Crippen molar-refractivity contribution in [3.63, 3.8) is 0 Å². The second kappa shape index (κ2) is 7.05. The minimum Gasteiger partial charge on any atom is -0.315 e. The van der Waals surface area contributed by atoms with Crippen molar-refractivity contribution in [2.24, 2.45) is 0 Å². The minimum absolute atomic E-state index is 0.650. The molecule has 0 saturated carbocycles. The first-order valence-corrected chi connectivity index (χ1v) is 5.31. The Labute approximate surface area is 90.5 Å². The van der Waals surface area contributed by atoms with Crippen LogP contribution in [0.2, 0.25) is 0 Å². The normalized spacial score (nSPS) is 14.1. The quantitative estimate of drug-likeness (QED) is 0.544. The Hall–Kier alpha value is 1.38. The van der Waals surface area contributed by atoms with Crippen molar-refractivity contribution in [3.8, 4) is 0 Å². The molecule has 0 aliphatic rings. The smallest absolute Gasteiger partial charge is 0.109 e. The van der Waals surface area contributed by atoms with Crippen molar-refractivity contribution < 1.29 is 3.07 Å². The number of rotatable bonds is 5. The van der Waals surface area contributed by atoms with Crippen LogP contribution >= 0.6 is 45.6 Å². The van der Waals surface area contributed by atoms with Crippen LogP contribution in [0.15, 0.2) is 0 Å². The van der Waals surface area contributed by atoms with Crippen molar-refractivity contribution in [1.29, 1.82) is 0 Å². The number of halogens is 2. The van der Waals surface area contributed by atoms with E-state index in [1.165, 1.54) is 6.42 Å². The molecule has 0 amide bonds. The Morgan fingerprint density at radius 1 is 1.50 bits per heavy atom. The Balaban J connectivity index is 3.12. The second-order valence-corrected chi connectivity index (χ2v) is 4.85. The highest BCUT2D eigenvalue weighted by Gasteiger charge is 2.02. The molecular formula is C6H13I2NO. The molecule has 1 atom stereocenters. The summed E-state index contributed by atoms with van der Waals surface area (Å²) in [5.41, 5.74) is 0. The van der Waals surface area contributed by atoms with Gasteiger partial charge in [-0.2, -0.15) is 0 Å². The van der Waals surface area contributed by atoms with E-state index >= 15 is 0 Å². The molecule has 0 heterocycles. The summed E-state index contributed by atoms with van der Waals surface area (Å²) in [6.07, 6.45) is 1.20. The standard InChI is InChI=1S/C6H13I2NO/c1-9(2)4-3-6(7)5-10-8/h6H,3-5H2,1-2H3. The molecule has 0 fully saturated rings. The first-order chi connectivity index (χ1) is 4.66. The lowest BCUT2D eigenvalue weighted by Crippen LogP contribution is -2.18. The van der Waals surface area contributed by atoms with Crippen molar-refractivity contribution in [2.45, 2.75) is 10.3 Å². The summed E-state index contributed by atoms with van der Waals surface area (Å²) in [6.45, 7) is 2.00. The number of nitrogens with zero attached hydrogens (tertiary/aromatic N) is 1. The second-order valence-electron chi connectivity index (χ2n) is 2.47. The monoisotopic (exact) mass is 369 g/mol. The zero-order chi connectivity index (χ0) is 7.98. The third kappa shape index (κ3) is 7.49. The molecule has 0 saturated heterocycles. The van der Waals surface area contributed by atoms with E-state index in [9.17, 15) is 0 Å². The summed E-state index contributed by atoms with van der Waals surface area (Å²) in [6, 6.07) is 0. The van der Waals surface area contributed by atoms with Crippen LogP contribution in [0.1, 0.15) is 6.42 Å². The molecule has 0 spiro atoms. The van der Waals surface area contributed by atoms with Gasteiger partial charge in [0.15, 0.2) is 0 Å². The summed E-state index contributed by atoms with van der Waals surface area (Å²) in [5.74, 6) is 0. The molecule has 2 nitrogen and oxygen atoms in total. The van der Waals surface area contributed by atoms with E-state index < -0.39 is 0 Å². The van der Waals surface area contributed by atoms with Crippen LogP contribution in [-0.2, 0) is 3.07 Å². The molecule has 0 aliphatic carbocycles. The van der Waals surface area contributed by atoms with E-state index in [2.05, 4.69) is 41.6 Å². The maximum atomic E-state index is 4.98. The maximum Gasteiger partial charge on any atom is 0.109 e. The number of hydrogen-bond acceptors (Lipinski definition) is 2. The molecule has 10 heavy (non-hydrogen) atoms. The lowest BCUT2D eigenvalue weighted by Gasteiger charge is -2.11. The molecular weight excluding hydrogens is 356 g/mol. The van der Waals surface area contributed by atoms with Gasteiger partial charge in [-0.1, -0.05) is 22.6 Å². The van der Waals surface area contributed by atoms with Crippen LogP contribution in [0.4, 0.5) is 0 Å². The number of alkyl halides is 1. The Kier molecular flexibility index (Phi) is 8.03. The Morgan fingerprint density at radius 3 is 2.50 bits per heavy atom. The van der Waals surface area contributed by atoms with Crippen LogP contribution in [0.3, 0.4) is 0 Å². The zero-order valence-electron chi connectivity index (χ0n) is 6.31. The SMILES string of the molecule is CN(C)CCC(I)COI. The average Bonchev–Trinajstić information content (AvgIpc) is 1.85. The van der Waals surface area contributed by atoms with Crippen LogP contribution in [-0.4, -0.2) is 36.1 Å². The summed E-state index contributed by atoms with van der Waals surface area (Å²) in [4.78, 5) is 2.19. The van der Waals surface area contributed by atoms with Gasteiger partial charge in [0.05, 0.1) is 6.61 Å². The summed E-state index contributed by atoms with van der Waals surface area (Å²) in [7, 11) is 4.18. The van der Waals surface area contributed by atoms with Crippen LogP contribution < -0.4 is 0 Å². The van der Waals surface area contributed by atoms with Gasteiger partial charge in [0.1, 0.15) is 23.0 Å². The lowest BCUT2D eigenvalue weighted by molar-refractivity contribution is 0.367. The molecule has 4 heteroatoms. The first-order valence-electron chi connectivity index (χ1n) is 3.19. The van der Waals surface area contributed by atoms with Gasteiger partial charge in [-0.3, -0.25) is 0 Å². The molecule has 0 aromatic rings. The van der Waals surface area contributed by atoms with Gasteiger partial charge in [0.25, 0.3) is 0 Å². The highest BCUT2D eigenvalue weighted by molar-refractivity contribution is 14.1. The highest BCUT2D eigenvalue weighted by Crippen LogP contribution is 2.08. The predicted molar refractivity (Wildman–Crippen MR) is 61.0 cm³/mol. The maximum absolute atomic E-state index is 4.98. The van der Waals surface area contributed by atoms with E-state index in [1.807, 2.05) is 23.0 Å². The summed E-state index contributed by atoms with van der Waals surface area (Å²) < 4.78 is 5.63. The minimum atomic E-state index is 0.650. The Morgan fingerprint density at radius 2 is 2.10 bits per heavy atom. The molecule has 0 aromatic carbocycles. The van der Waals surface area contributed by atoms with Crippen molar-refractivity contribution in [2.75, 3.05) is 27.2 Å². The fourth-order valence-corrected chi connectivity index (χ4v) is 2.13. The van der Waals surface area contributed by atoms with E-state index in [0.29, 0.717) is 3.92 Å². The highest BCUT2D eigenvalue weighted by atomic mass is 127. The molecule has 0 radical (unpaired) electrons. The molecule has 0 N–H and O–H groups in total. The largest absolute Gasteiger partial charge is 0.315 e. The lowest BCUT2D eigenvalue weighted by atomic mass is 10.3. The molecule has 0 rings (SSSR count).